The van der Waals surface area contributed by atoms with Gasteiger partial charge in [0.2, 0.25) is 0 Å². The van der Waals surface area contributed by atoms with E-state index in [4.69, 9.17) is 4.74 Å². The minimum atomic E-state index is -0.437. The van der Waals surface area contributed by atoms with Gasteiger partial charge in [-0.05, 0) is 74.7 Å². The third-order valence-corrected chi connectivity index (χ3v) is 7.30. The third kappa shape index (κ3) is 6.01. The van der Waals surface area contributed by atoms with Gasteiger partial charge in [0.15, 0.2) is 5.82 Å². The van der Waals surface area contributed by atoms with E-state index in [0.717, 1.165) is 30.1 Å². The van der Waals surface area contributed by atoms with Crippen molar-refractivity contribution in [1.82, 2.24) is 24.5 Å². The Kier molecular flexibility index (Phi) is 8.64. The molecule has 3 heterocycles. The molecule has 1 atom stereocenters. The van der Waals surface area contributed by atoms with Crippen molar-refractivity contribution in [3.63, 3.8) is 0 Å². The molecule has 3 aromatic rings. The molecule has 184 valence electrons. The van der Waals surface area contributed by atoms with Crippen molar-refractivity contribution in [3.05, 3.63) is 48.3 Å². The van der Waals surface area contributed by atoms with E-state index in [2.05, 4.69) is 52.1 Å². The van der Waals surface area contributed by atoms with Crippen LogP contribution in [0.25, 0.3) is 16.6 Å². The lowest BCUT2D eigenvalue weighted by Crippen LogP contribution is -2.31. The fourth-order valence-corrected chi connectivity index (χ4v) is 4.98. The van der Waals surface area contributed by atoms with Crippen molar-refractivity contribution in [1.29, 1.82) is 0 Å². The van der Waals surface area contributed by atoms with Crippen molar-refractivity contribution < 1.29 is 9.84 Å². The molecule has 0 saturated heterocycles. The summed E-state index contributed by atoms with van der Waals surface area (Å²) in [6, 6.07) is 4.29. The molecule has 1 aliphatic carbocycles. The quantitative estimate of drug-likeness (QED) is 0.443. The molecule has 7 nitrogen and oxygen atoms in total. The van der Waals surface area contributed by atoms with E-state index < -0.39 is 6.10 Å². The minimum Gasteiger partial charge on any atom is -0.391 e. The molecule has 0 amide bonds. The lowest BCUT2D eigenvalue weighted by Gasteiger charge is -2.31. The van der Waals surface area contributed by atoms with Gasteiger partial charge in [-0.15, -0.1) is 0 Å². The Morgan fingerprint density at radius 1 is 1.06 bits per heavy atom. The van der Waals surface area contributed by atoms with Crippen LogP contribution in [-0.2, 0) is 11.3 Å². The highest BCUT2D eigenvalue weighted by molar-refractivity contribution is 5.69. The molecule has 4 rings (SSSR count). The molecule has 1 saturated carbocycles. The predicted molar refractivity (Wildman–Crippen MR) is 135 cm³/mol. The molecule has 0 radical (unpaired) electrons. The fraction of sp³-hybridized carbons (Fsp3) is 0.593. The number of hydrogen-bond acceptors (Lipinski definition) is 6. The van der Waals surface area contributed by atoms with Gasteiger partial charge in [-0.1, -0.05) is 20.8 Å². The molecular formula is C27H39N5O2. The first-order chi connectivity index (χ1) is 16.6. The SMILES string of the molecule is CC[C@H](O)COCc1ncc(-c2ccn3ncc(C4CCC(CN(CC)CC)CC4)c3c2)cn1. The van der Waals surface area contributed by atoms with Crippen LogP contribution in [0.15, 0.2) is 36.9 Å². The summed E-state index contributed by atoms with van der Waals surface area (Å²) in [5.74, 6) is 2.02. The number of pyridine rings is 1. The van der Waals surface area contributed by atoms with E-state index in [9.17, 15) is 5.11 Å². The number of hydrogen-bond donors (Lipinski definition) is 1. The monoisotopic (exact) mass is 465 g/mol. The summed E-state index contributed by atoms with van der Waals surface area (Å²) < 4.78 is 7.49. The van der Waals surface area contributed by atoms with E-state index in [1.807, 2.05) is 30.0 Å². The van der Waals surface area contributed by atoms with Crippen LogP contribution in [0.3, 0.4) is 0 Å². The standard InChI is InChI=1S/C27H39N5O2/c1-4-24(33)18-34-19-27-28-14-23(15-29-27)22-11-12-32-26(13-22)25(16-30-32)21-9-7-20(8-10-21)17-31(5-2)6-3/h11-16,20-21,24,33H,4-10,17-19H2,1-3H3/t20?,21?,24-/m0/s1. The van der Waals surface area contributed by atoms with Crippen molar-refractivity contribution in [3.8, 4) is 11.1 Å². The van der Waals surface area contributed by atoms with Gasteiger partial charge < -0.3 is 14.7 Å². The van der Waals surface area contributed by atoms with Gasteiger partial charge in [0.1, 0.15) is 6.61 Å². The third-order valence-electron chi connectivity index (χ3n) is 7.30. The maximum atomic E-state index is 9.61. The number of aromatic nitrogens is 4. The second kappa shape index (κ2) is 11.9. The molecule has 0 bridgehead atoms. The summed E-state index contributed by atoms with van der Waals surface area (Å²) >= 11 is 0. The van der Waals surface area contributed by atoms with Gasteiger partial charge in [0.25, 0.3) is 0 Å². The van der Waals surface area contributed by atoms with Crippen LogP contribution in [0.1, 0.15) is 70.2 Å². The maximum Gasteiger partial charge on any atom is 0.153 e. The van der Waals surface area contributed by atoms with Crippen LogP contribution in [0.5, 0.6) is 0 Å². The Morgan fingerprint density at radius 2 is 1.79 bits per heavy atom. The lowest BCUT2D eigenvalue weighted by molar-refractivity contribution is 0.0244. The first kappa shape index (κ1) is 24.8. The highest BCUT2D eigenvalue weighted by atomic mass is 16.5. The summed E-state index contributed by atoms with van der Waals surface area (Å²) in [6.45, 7) is 10.6. The Bertz CT molecular complexity index is 1020. The lowest BCUT2D eigenvalue weighted by atomic mass is 9.78. The summed E-state index contributed by atoms with van der Waals surface area (Å²) in [6.07, 6.45) is 13.1. The van der Waals surface area contributed by atoms with Crippen molar-refractivity contribution in [2.75, 3.05) is 26.2 Å². The minimum absolute atomic E-state index is 0.305. The van der Waals surface area contributed by atoms with Crippen LogP contribution in [0, 0.1) is 5.92 Å². The van der Waals surface area contributed by atoms with Gasteiger partial charge >= 0.3 is 0 Å². The van der Waals surface area contributed by atoms with Gasteiger partial charge in [-0.2, -0.15) is 5.10 Å². The van der Waals surface area contributed by atoms with Crippen LogP contribution in [0.2, 0.25) is 0 Å². The number of aliphatic hydroxyl groups excluding tert-OH is 1. The number of aliphatic hydroxyl groups is 1. The van der Waals surface area contributed by atoms with E-state index in [1.165, 1.54) is 43.3 Å². The Balaban J connectivity index is 1.42. The second-order valence-corrected chi connectivity index (χ2v) is 9.51. The molecule has 0 aromatic carbocycles. The number of ether oxygens (including phenoxy) is 1. The summed E-state index contributed by atoms with van der Waals surface area (Å²) in [7, 11) is 0. The van der Waals surface area contributed by atoms with Crippen molar-refractivity contribution in [2.24, 2.45) is 5.92 Å². The highest BCUT2D eigenvalue weighted by Gasteiger charge is 2.25. The second-order valence-electron chi connectivity index (χ2n) is 9.51. The molecule has 3 aromatic heterocycles. The number of rotatable bonds is 11. The maximum absolute atomic E-state index is 9.61. The molecule has 0 unspecified atom stereocenters. The van der Waals surface area contributed by atoms with Gasteiger partial charge in [-0.3, -0.25) is 0 Å². The average Bonchev–Trinajstić information content (AvgIpc) is 3.31. The molecular weight excluding hydrogens is 426 g/mol. The number of fused-ring (bicyclic) bond motifs is 1. The van der Waals surface area contributed by atoms with Crippen LogP contribution in [0.4, 0.5) is 0 Å². The molecule has 1 aliphatic rings. The molecule has 7 heteroatoms. The highest BCUT2D eigenvalue weighted by Crippen LogP contribution is 2.38. The largest absolute Gasteiger partial charge is 0.391 e. The summed E-state index contributed by atoms with van der Waals surface area (Å²) in [4.78, 5) is 11.5. The molecule has 1 fully saturated rings. The Hall–Kier alpha value is -2.35. The predicted octanol–water partition coefficient (Wildman–Crippen LogP) is 4.69. The summed E-state index contributed by atoms with van der Waals surface area (Å²) in [5, 5.41) is 14.2. The summed E-state index contributed by atoms with van der Waals surface area (Å²) in [5.41, 5.74) is 4.63. The molecule has 34 heavy (non-hydrogen) atoms. The van der Waals surface area contributed by atoms with Crippen LogP contribution >= 0.6 is 0 Å². The zero-order chi connectivity index (χ0) is 23.9. The average molecular weight is 466 g/mol. The molecule has 0 spiro atoms. The topological polar surface area (TPSA) is 75.8 Å². The zero-order valence-corrected chi connectivity index (χ0v) is 20.9. The van der Waals surface area contributed by atoms with Gasteiger partial charge in [-0.25, -0.2) is 14.5 Å². The van der Waals surface area contributed by atoms with Gasteiger partial charge in [0.05, 0.1) is 24.4 Å². The molecule has 1 N–H and O–H groups in total. The Labute approximate surface area is 203 Å². The molecule has 0 aliphatic heterocycles. The van der Waals surface area contributed by atoms with E-state index in [-0.39, 0.29) is 0 Å². The number of nitrogens with zero attached hydrogens (tertiary/aromatic N) is 5. The first-order valence-electron chi connectivity index (χ1n) is 12.9. The van der Waals surface area contributed by atoms with E-state index >= 15 is 0 Å². The van der Waals surface area contributed by atoms with E-state index in [1.54, 1.807) is 0 Å². The smallest absolute Gasteiger partial charge is 0.153 e. The van der Waals surface area contributed by atoms with Crippen molar-refractivity contribution in [2.45, 2.75) is 71.5 Å². The fourth-order valence-electron chi connectivity index (χ4n) is 4.98. The Morgan fingerprint density at radius 3 is 2.47 bits per heavy atom. The van der Waals surface area contributed by atoms with Crippen LogP contribution < -0.4 is 0 Å². The van der Waals surface area contributed by atoms with E-state index in [0.29, 0.717) is 31.4 Å². The normalized spacial score (nSPS) is 19.7. The van der Waals surface area contributed by atoms with Gasteiger partial charge in [0, 0.05) is 36.3 Å². The van der Waals surface area contributed by atoms with Crippen molar-refractivity contribution >= 4 is 5.52 Å². The zero-order valence-electron chi connectivity index (χ0n) is 20.9. The first-order valence-corrected chi connectivity index (χ1v) is 12.9. The van der Waals surface area contributed by atoms with Crippen LogP contribution in [-0.4, -0.2) is 61.9 Å².